The zero-order valence-electron chi connectivity index (χ0n) is 11.9. The minimum Gasteiger partial charge on any atom is -0.306 e. The number of halogens is 1. The maximum atomic E-state index is 4.51. The Morgan fingerprint density at radius 2 is 1.86 bits per heavy atom. The molecule has 0 fully saturated rings. The Bertz CT molecular complexity index is 755. The summed E-state index contributed by atoms with van der Waals surface area (Å²) in [7, 11) is 0. The summed E-state index contributed by atoms with van der Waals surface area (Å²) in [5.74, 6) is 0. The standard InChI is InChI=1S/C18H17IN2/c1-13(16-7-3-4-8-17(16)19)20-11-14-10-15-6-2-5-9-18(15)21-12-14/h2-10,12-13,20H,11H2,1H3. The van der Waals surface area contributed by atoms with Crippen LogP contribution in [-0.4, -0.2) is 4.98 Å². The number of nitrogens with one attached hydrogen (secondary N) is 1. The Morgan fingerprint density at radius 1 is 1.10 bits per heavy atom. The summed E-state index contributed by atoms with van der Waals surface area (Å²) in [6.45, 7) is 3.02. The first kappa shape index (κ1) is 14.5. The van der Waals surface area contributed by atoms with Crippen LogP contribution in [0, 0.1) is 3.57 Å². The largest absolute Gasteiger partial charge is 0.306 e. The van der Waals surface area contributed by atoms with Crippen molar-refractivity contribution in [3.05, 3.63) is 75.5 Å². The average molecular weight is 388 g/mol. The van der Waals surface area contributed by atoms with Gasteiger partial charge in [0, 0.05) is 27.7 Å². The van der Waals surface area contributed by atoms with Crippen LogP contribution in [0.1, 0.15) is 24.1 Å². The lowest BCUT2D eigenvalue weighted by Gasteiger charge is -2.16. The molecular weight excluding hydrogens is 371 g/mol. The highest BCUT2D eigenvalue weighted by atomic mass is 127. The second kappa shape index (κ2) is 6.54. The molecule has 2 nitrogen and oxygen atoms in total. The number of pyridine rings is 1. The van der Waals surface area contributed by atoms with Crippen molar-refractivity contribution < 1.29 is 0 Å². The molecule has 21 heavy (non-hydrogen) atoms. The van der Waals surface area contributed by atoms with Crippen molar-refractivity contribution in [2.75, 3.05) is 0 Å². The van der Waals surface area contributed by atoms with Gasteiger partial charge in [-0.05, 0) is 58.8 Å². The van der Waals surface area contributed by atoms with Gasteiger partial charge < -0.3 is 5.32 Å². The SMILES string of the molecule is CC(NCc1cnc2ccccc2c1)c1ccccc1I. The molecule has 1 heterocycles. The molecule has 0 bridgehead atoms. The molecule has 0 saturated carbocycles. The predicted molar refractivity (Wildman–Crippen MR) is 96.2 cm³/mol. The van der Waals surface area contributed by atoms with Crippen molar-refractivity contribution in [2.45, 2.75) is 19.5 Å². The molecular formula is C18H17IN2. The van der Waals surface area contributed by atoms with E-state index in [0.717, 1.165) is 12.1 Å². The van der Waals surface area contributed by atoms with Crippen LogP contribution in [0.5, 0.6) is 0 Å². The first-order chi connectivity index (χ1) is 10.2. The minimum atomic E-state index is 0.324. The van der Waals surface area contributed by atoms with Gasteiger partial charge in [-0.1, -0.05) is 36.4 Å². The quantitative estimate of drug-likeness (QED) is 0.656. The van der Waals surface area contributed by atoms with E-state index in [0.29, 0.717) is 6.04 Å². The number of para-hydroxylation sites is 1. The monoisotopic (exact) mass is 388 g/mol. The first-order valence-corrected chi connectivity index (χ1v) is 8.13. The fourth-order valence-corrected chi connectivity index (χ4v) is 3.27. The fraction of sp³-hybridized carbons (Fsp3) is 0.167. The molecule has 2 aromatic carbocycles. The second-order valence-electron chi connectivity index (χ2n) is 5.16. The van der Waals surface area contributed by atoms with Gasteiger partial charge in [0.15, 0.2) is 0 Å². The first-order valence-electron chi connectivity index (χ1n) is 7.05. The second-order valence-corrected chi connectivity index (χ2v) is 6.32. The number of rotatable bonds is 4. The van der Waals surface area contributed by atoms with Gasteiger partial charge in [-0.2, -0.15) is 0 Å². The van der Waals surface area contributed by atoms with E-state index in [-0.39, 0.29) is 0 Å². The summed E-state index contributed by atoms with van der Waals surface area (Å²) in [4.78, 5) is 4.51. The highest BCUT2D eigenvalue weighted by Crippen LogP contribution is 2.20. The van der Waals surface area contributed by atoms with Gasteiger partial charge in [0.25, 0.3) is 0 Å². The average Bonchev–Trinajstić information content (AvgIpc) is 2.53. The van der Waals surface area contributed by atoms with E-state index in [1.165, 1.54) is 20.1 Å². The normalized spacial score (nSPS) is 12.5. The smallest absolute Gasteiger partial charge is 0.0702 e. The molecule has 1 atom stereocenters. The highest BCUT2D eigenvalue weighted by molar-refractivity contribution is 14.1. The summed E-state index contributed by atoms with van der Waals surface area (Å²) in [6, 6.07) is 19.2. The van der Waals surface area contributed by atoms with Crippen molar-refractivity contribution in [1.82, 2.24) is 10.3 Å². The minimum absolute atomic E-state index is 0.324. The molecule has 0 radical (unpaired) electrons. The van der Waals surface area contributed by atoms with Crippen LogP contribution in [0.25, 0.3) is 10.9 Å². The maximum absolute atomic E-state index is 4.51. The van der Waals surface area contributed by atoms with Crippen molar-refractivity contribution in [3.8, 4) is 0 Å². The molecule has 3 rings (SSSR count). The molecule has 0 saturated heterocycles. The van der Waals surface area contributed by atoms with Gasteiger partial charge in [0.05, 0.1) is 5.52 Å². The van der Waals surface area contributed by atoms with Crippen LogP contribution < -0.4 is 5.32 Å². The Kier molecular flexibility index (Phi) is 4.51. The third kappa shape index (κ3) is 3.41. The third-order valence-electron chi connectivity index (χ3n) is 3.63. The molecule has 0 aliphatic heterocycles. The molecule has 0 aliphatic rings. The Hall–Kier alpha value is -1.46. The van der Waals surface area contributed by atoms with E-state index < -0.39 is 0 Å². The van der Waals surface area contributed by atoms with Crippen molar-refractivity contribution in [3.63, 3.8) is 0 Å². The van der Waals surface area contributed by atoms with Gasteiger partial charge in [-0.15, -0.1) is 0 Å². The molecule has 3 heteroatoms. The maximum Gasteiger partial charge on any atom is 0.0702 e. The number of benzene rings is 2. The van der Waals surface area contributed by atoms with Gasteiger partial charge in [-0.25, -0.2) is 0 Å². The van der Waals surface area contributed by atoms with Crippen molar-refractivity contribution in [1.29, 1.82) is 0 Å². The third-order valence-corrected chi connectivity index (χ3v) is 4.61. The lowest BCUT2D eigenvalue weighted by atomic mass is 10.1. The van der Waals surface area contributed by atoms with Gasteiger partial charge >= 0.3 is 0 Å². The molecule has 1 aromatic heterocycles. The molecule has 1 unspecified atom stereocenters. The van der Waals surface area contributed by atoms with E-state index in [1.807, 2.05) is 18.3 Å². The number of nitrogens with zero attached hydrogens (tertiary/aromatic N) is 1. The lowest BCUT2D eigenvalue weighted by Crippen LogP contribution is -2.19. The van der Waals surface area contributed by atoms with Crippen molar-refractivity contribution in [2.24, 2.45) is 0 Å². The highest BCUT2D eigenvalue weighted by Gasteiger charge is 2.08. The number of fused-ring (bicyclic) bond motifs is 1. The zero-order chi connectivity index (χ0) is 14.7. The van der Waals surface area contributed by atoms with Crippen LogP contribution in [0.4, 0.5) is 0 Å². The number of hydrogen-bond donors (Lipinski definition) is 1. The van der Waals surface area contributed by atoms with E-state index in [1.54, 1.807) is 0 Å². The van der Waals surface area contributed by atoms with Gasteiger partial charge in [-0.3, -0.25) is 4.98 Å². The van der Waals surface area contributed by atoms with E-state index >= 15 is 0 Å². The molecule has 1 N–H and O–H groups in total. The summed E-state index contributed by atoms with van der Waals surface area (Å²) in [5, 5.41) is 4.77. The van der Waals surface area contributed by atoms with E-state index in [4.69, 9.17) is 0 Å². The number of aromatic nitrogens is 1. The molecule has 0 amide bonds. The summed E-state index contributed by atoms with van der Waals surface area (Å²) in [6.07, 6.45) is 1.96. The molecule has 106 valence electrons. The Labute approximate surface area is 138 Å². The Morgan fingerprint density at radius 3 is 2.71 bits per heavy atom. The van der Waals surface area contributed by atoms with Gasteiger partial charge in [0.2, 0.25) is 0 Å². The van der Waals surface area contributed by atoms with Crippen LogP contribution in [0.2, 0.25) is 0 Å². The van der Waals surface area contributed by atoms with Crippen LogP contribution in [0.3, 0.4) is 0 Å². The summed E-state index contributed by atoms with van der Waals surface area (Å²) in [5.41, 5.74) is 3.60. The fourth-order valence-electron chi connectivity index (χ4n) is 2.42. The predicted octanol–water partition coefficient (Wildman–Crippen LogP) is 4.69. The van der Waals surface area contributed by atoms with Crippen molar-refractivity contribution >= 4 is 33.5 Å². The molecule has 3 aromatic rings. The van der Waals surface area contributed by atoms with Gasteiger partial charge in [0.1, 0.15) is 0 Å². The van der Waals surface area contributed by atoms with Crippen LogP contribution in [0.15, 0.2) is 60.8 Å². The molecule has 0 spiro atoms. The zero-order valence-corrected chi connectivity index (χ0v) is 14.0. The summed E-state index contributed by atoms with van der Waals surface area (Å²) >= 11 is 2.39. The topological polar surface area (TPSA) is 24.9 Å². The Balaban J connectivity index is 1.73. The molecule has 0 aliphatic carbocycles. The van der Waals surface area contributed by atoms with Crippen LogP contribution >= 0.6 is 22.6 Å². The number of hydrogen-bond acceptors (Lipinski definition) is 2. The summed E-state index contributed by atoms with van der Waals surface area (Å²) < 4.78 is 1.30. The van der Waals surface area contributed by atoms with E-state index in [2.05, 4.69) is 82.3 Å². The van der Waals surface area contributed by atoms with Crippen LogP contribution in [-0.2, 0) is 6.54 Å². The van der Waals surface area contributed by atoms with E-state index in [9.17, 15) is 0 Å². The lowest BCUT2D eigenvalue weighted by molar-refractivity contribution is 0.572.